The maximum Gasteiger partial charge on any atom is 0.256 e. The van der Waals surface area contributed by atoms with Crippen molar-refractivity contribution in [1.82, 2.24) is 14.7 Å². The average Bonchev–Trinajstić information content (AvgIpc) is 3.37. The number of anilines is 1. The Morgan fingerprint density at radius 1 is 1.14 bits per heavy atom. The van der Waals surface area contributed by atoms with Crippen molar-refractivity contribution in [3.05, 3.63) is 29.6 Å². The molecule has 0 saturated carbocycles. The van der Waals surface area contributed by atoms with Crippen molar-refractivity contribution in [2.45, 2.75) is 32.2 Å². The first-order chi connectivity index (χ1) is 13.6. The third-order valence-corrected chi connectivity index (χ3v) is 6.39. The number of benzene rings is 1. The molecule has 1 atom stereocenters. The van der Waals surface area contributed by atoms with E-state index in [1.165, 1.54) is 6.07 Å². The van der Waals surface area contributed by atoms with E-state index in [-0.39, 0.29) is 17.4 Å². The summed E-state index contributed by atoms with van der Waals surface area (Å²) in [6.45, 7) is 9.41. The number of rotatable bonds is 4. The monoisotopic (exact) mass is 388 g/mol. The van der Waals surface area contributed by atoms with E-state index in [1.807, 2.05) is 0 Å². The Kier molecular flexibility index (Phi) is 5.64. The van der Waals surface area contributed by atoms with Crippen molar-refractivity contribution in [1.29, 1.82) is 0 Å². The van der Waals surface area contributed by atoms with Gasteiger partial charge in [0.2, 0.25) is 5.91 Å². The summed E-state index contributed by atoms with van der Waals surface area (Å²) >= 11 is 0. The molecule has 0 radical (unpaired) electrons. The summed E-state index contributed by atoms with van der Waals surface area (Å²) in [5.41, 5.74) is 0.701. The van der Waals surface area contributed by atoms with Crippen molar-refractivity contribution in [3.8, 4) is 0 Å². The van der Waals surface area contributed by atoms with E-state index in [0.717, 1.165) is 45.6 Å². The summed E-state index contributed by atoms with van der Waals surface area (Å²) in [7, 11) is 0. The molecule has 1 aromatic carbocycles. The topological polar surface area (TPSA) is 47.1 Å². The zero-order valence-corrected chi connectivity index (χ0v) is 16.6. The van der Waals surface area contributed by atoms with Gasteiger partial charge in [0.1, 0.15) is 5.82 Å². The van der Waals surface area contributed by atoms with Gasteiger partial charge in [-0.3, -0.25) is 14.5 Å². The van der Waals surface area contributed by atoms with E-state index in [0.29, 0.717) is 37.8 Å². The SMILES string of the molecule is CCN1CCN(C2CCN(C(=O)c3cc(N4CCCC4=O)ccc3F)C2)CC1. The summed E-state index contributed by atoms with van der Waals surface area (Å²) < 4.78 is 14.4. The summed E-state index contributed by atoms with van der Waals surface area (Å²) in [5.74, 6) is -0.737. The molecule has 4 rings (SSSR count). The van der Waals surface area contributed by atoms with E-state index in [4.69, 9.17) is 0 Å². The molecule has 0 aliphatic carbocycles. The predicted molar refractivity (Wildman–Crippen MR) is 106 cm³/mol. The number of piperazine rings is 1. The standard InChI is InChI=1S/C21H29FN4O2/c1-2-23-10-12-24(13-11-23)17-7-9-25(15-17)21(28)18-14-16(5-6-19(18)22)26-8-3-4-20(26)27/h5-6,14,17H,2-4,7-13,15H2,1H3. The van der Waals surface area contributed by atoms with Crippen molar-refractivity contribution < 1.29 is 14.0 Å². The van der Waals surface area contributed by atoms with E-state index < -0.39 is 5.82 Å². The fourth-order valence-electron chi connectivity index (χ4n) is 4.61. The van der Waals surface area contributed by atoms with Crippen LogP contribution < -0.4 is 4.90 Å². The Hall–Kier alpha value is -1.99. The normalized spacial score (nSPS) is 24.4. The quantitative estimate of drug-likeness (QED) is 0.789. The van der Waals surface area contributed by atoms with Crippen LogP contribution in [0.2, 0.25) is 0 Å². The Balaban J connectivity index is 1.43. The van der Waals surface area contributed by atoms with Gasteiger partial charge in [0.05, 0.1) is 5.56 Å². The fraction of sp³-hybridized carbons (Fsp3) is 0.619. The molecule has 1 unspecified atom stereocenters. The molecule has 3 fully saturated rings. The molecule has 0 spiro atoms. The highest BCUT2D eigenvalue weighted by atomic mass is 19.1. The minimum absolute atomic E-state index is 0.0393. The van der Waals surface area contributed by atoms with Gasteiger partial charge in [-0.15, -0.1) is 0 Å². The second kappa shape index (κ2) is 8.17. The second-order valence-electron chi connectivity index (χ2n) is 7.98. The fourth-order valence-corrected chi connectivity index (χ4v) is 4.61. The minimum Gasteiger partial charge on any atom is -0.337 e. The molecular weight excluding hydrogens is 359 g/mol. The summed E-state index contributed by atoms with van der Waals surface area (Å²) in [6, 6.07) is 4.81. The van der Waals surface area contributed by atoms with Crippen LogP contribution in [0.1, 0.15) is 36.5 Å². The lowest BCUT2D eigenvalue weighted by atomic mass is 10.1. The molecular formula is C21H29FN4O2. The maximum atomic E-state index is 14.4. The average molecular weight is 388 g/mol. The zero-order valence-electron chi connectivity index (χ0n) is 16.6. The molecule has 3 saturated heterocycles. The van der Waals surface area contributed by atoms with Crippen molar-refractivity contribution in [2.75, 3.05) is 57.3 Å². The number of likely N-dealkylation sites (N-methyl/N-ethyl adjacent to an activating group) is 1. The first-order valence-corrected chi connectivity index (χ1v) is 10.4. The van der Waals surface area contributed by atoms with Crippen molar-refractivity contribution >= 4 is 17.5 Å². The Morgan fingerprint density at radius 2 is 1.93 bits per heavy atom. The van der Waals surface area contributed by atoms with Crippen LogP contribution in [0.3, 0.4) is 0 Å². The molecule has 0 N–H and O–H groups in total. The number of nitrogens with zero attached hydrogens (tertiary/aromatic N) is 4. The van der Waals surface area contributed by atoms with Crippen LogP contribution in [0.5, 0.6) is 0 Å². The lowest BCUT2D eigenvalue weighted by Gasteiger charge is -2.37. The maximum absolute atomic E-state index is 14.4. The van der Waals surface area contributed by atoms with Gasteiger partial charge >= 0.3 is 0 Å². The number of amides is 2. The van der Waals surface area contributed by atoms with Crippen LogP contribution in [0.4, 0.5) is 10.1 Å². The highest BCUT2D eigenvalue weighted by Crippen LogP contribution is 2.26. The van der Waals surface area contributed by atoms with Crippen molar-refractivity contribution in [2.24, 2.45) is 0 Å². The van der Waals surface area contributed by atoms with Crippen LogP contribution in [-0.4, -0.2) is 84.9 Å². The minimum atomic E-state index is -0.514. The molecule has 1 aromatic rings. The number of hydrogen-bond donors (Lipinski definition) is 0. The van der Waals surface area contributed by atoms with Crippen LogP contribution in [0.25, 0.3) is 0 Å². The summed E-state index contributed by atoms with van der Waals surface area (Å²) in [5, 5.41) is 0. The lowest BCUT2D eigenvalue weighted by molar-refractivity contribution is -0.117. The zero-order chi connectivity index (χ0) is 19.7. The molecule has 3 heterocycles. The number of halogens is 1. The first kappa shape index (κ1) is 19.3. The third kappa shape index (κ3) is 3.78. The van der Waals surface area contributed by atoms with Crippen LogP contribution in [-0.2, 0) is 4.79 Å². The molecule has 28 heavy (non-hydrogen) atoms. The Bertz CT molecular complexity index is 748. The lowest BCUT2D eigenvalue weighted by Crippen LogP contribution is -2.51. The van der Waals surface area contributed by atoms with Gasteiger partial charge in [-0.05, 0) is 37.6 Å². The first-order valence-electron chi connectivity index (χ1n) is 10.4. The number of hydrogen-bond acceptors (Lipinski definition) is 4. The molecule has 152 valence electrons. The van der Waals surface area contributed by atoms with Gasteiger partial charge in [0, 0.05) is 64.0 Å². The largest absolute Gasteiger partial charge is 0.337 e. The molecule has 7 heteroatoms. The van der Waals surface area contributed by atoms with Crippen LogP contribution >= 0.6 is 0 Å². The molecule has 2 amide bonds. The van der Waals surface area contributed by atoms with Crippen LogP contribution in [0, 0.1) is 5.82 Å². The Morgan fingerprint density at radius 3 is 2.61 bits per heavy atom. The highest BCUT2D eigenvalue weighted by Gasteiger charge is 2.33. The van der Waals surface area contributed by atoms with Gasteiger partial charge < -0.3 is 14.7 Å². The third-order valence-electron chi connectivity index (χ3n) is 6.39. The van der Waals surface area contributed by atoms with Gasteiger partial charge in [0.25, 0.3) is 5.91 Å². The smallest absolute Gasteiger partial charge is 0.256 e. The van der Waals surface area contributed by atoms with Gasteiger partial charge in [-0.25, -0.2) is 4.39 Å². The predicted octanol–water partition coefficient (Wildman–Crippen LogP) is 1.80. The highest BCUT2D eigenvalue weighted by molar-refractivity contribution is 5.99. The number of carbonyl (C=O) groups is 2. The van der Waals surface area contributed by atoms with E-state index >= 15 is 0 Å². The molecule has 0 aromatic heterocycles. The molecule has 6 nitrogen and oxygen atoms in total. The van der Waals surface area contributed by atoms with E-state index in [9.17, 15) is 14.0 Å². The number of carbonyl (C=O) groups excluding carboxylic acids is 2. The van der Waals surface area contributed by atoms with Crippen LogP contribution in [0.15, 0.2) is 18.2 Å². The second-order valence-corrected chi connectivity index (χ2v) is 7.98. The Labute approximate surface area is 165 Å². The molecule has 0 bridgehead atoms. The van der Waals surface area contributed by atoms with Gasteiger partial charge in [-0.1, -0.05) is 6.92 Å². The van der Waals surface area contributed by atoms with E-state index in [2.05, 4.69) is 16.7 Å². The summed E-state index contributed by atoms with van der Waals surface area (Å²) in [6.07, 6.45) is 2.25. The molecule has 3 aliphatic rings. The molecule has 3 aliphatic heterocycles. The van der Waals surface area contributed by atoms with Gasteiger partial charge in [0.15, 0.2) is 0 Å². The number of likely N-dealkylation sites (tertiary alicyclic amines) is 1. The van der Waals surface area contributed by atoms with E-state index in [1.54, 1.807) is 21.9 Å². The van der Waals surface area contributed by atoms with Gasteiger partial charge in [-0.2, -0.15) is 0 Å². The summed E-state index contributed by atoms with van der Waals surface area (Å²) in [4.78, 5) is 33.3. The van der Waals surface area contributed by atoms with Crippen molar-refractivity contribution in [3.63, 3.8) is 0 Å².